The van der Waals surface area contributed by atoms with Gasteiger partial charge in [-0.1, -0.05) is 6.07 Å². The summed E-state index contributed by atoms with van der Waals surface area (Å²) in [6.45, 7) is 5.56. The quantitative estimate of drug-likeness (QED) is 0.604. The van der Waals surface area contributed by atoms with Crippen molar-refractivity contribution in [1.29, 1.82) is 0 Å². The molecule has 128 valence electrons. The molecule has 0 atom stereocenters. The van der Waals surface area contributed by atoms with Gasteiger partial charge in [0.15, 0.2) is 6.29 Å². The number of aldehydes is 1. The summed E-state index contributed by atoms with van der Waals surface area (Å²) in [5.41, 5.74) is 1.97. The molecule has 0 unspecified atom stereocenters. The predicted molar refractivity (Wildman–Crippen MR) is 96.2 cm³/mol. The lowest BCUT2D eigenvalue weighted by atomic mass is 10.1. The van der Waals surface area contributed by atoms with Gasteiger partial charge < -0.3 is 14.2 Å². The molecule has 5 nitrogen and oxygen atoms in total. The van der Waals surface area contributed by atoms with Crippen molar-refractivity contribution in [1.82, 2.24) is 4.57 Å². The van der Waals surface area contributed by atoms with E-state index in [1.54, 1.807) is 10.6 Å². The van der Waals surface area contributed by atoms with Crippen molar-refractivity contribution >= 4 is 22.9 Å². The van der Waals surface area contributed by atoms with E-state index in [1.165, 1.54) is 19.3 Å². The number of pyridine rings is 1. The van der Waals surface area contributed by atoms with Gasteiger partial charge in [-0.25, -0.2) is 0 Å². The average molecular weight is 328 g/mol. The first-order valence-electron chi connectivity index (χ1n) is 8.70. The van der Waals surface area contributed by atoms with Gasteiger partial charge in [-0.2, -0.15) is 0 Å². The van der Waals surface area contributed by atoms with Gasteiger partial charge in [0, 0.05) is 31.9 Å². The van der Waals surface area contributed by atoms with Gasteiger partial charge in [0.05, 0.1) is 17.7 Å². The third-order valence-electron chi connectivity index (χ3n) is 4.62. The predicted octanol–water partition coefficient (Wildman–Crippen LogP) is 2.84. The van der Waals surface area contributed by atoms with Crippen LogP contribution in [0.4, 0.5) is 5.69 Å². The molecule has 1 aliphatic rings. The number of piperidine rings is 1. The Labute approximate surface area is 141 Å². The summed E-state index contributed by atoms with van der Waals surface area (Å²) >= 11 is 0. The van der Waals surface area contributed by atoms with Crippen LogP contribution in [0.3, 0.4) is 0 Å². The van der Waals surface area contributed by atoms with E-state index in [1.807, 2.05) is 13.0 Å². The van der Waals surface area contributed by atoms with Crippen molar-refractivity contribution in [2.45, 2.75) is 32.7 Å². The standard InChI is InChI=1S/C19H24N2O3/c1-2-24-11-10-21-18-13-17(20-8-4-3-5-9-20)7-6-15(18)12-16(14-22)19(21)23/h6-7,12-14H,2-5,8-11H2,1H3. The minimum atomic E-state index is -0.243. The Morgan fingerprint density at radius 3 is 2.67 bits per heavy atom. The fourth-order valence-electron chi connectivity index (χ4n) is 3.34. The highest BCUT2D eigenvalue weighted by Crippen LogP contribution is 2.24. The second-order valence-electron chi connectivity index (χ2n) is 6.16. The second-order valence-corrected chi connectivity index (χ2v) is 6.16. The number of aromatic nitrogens is 1. The molecule has 0 amide bonds. The molecule has 3 rings (SSSR count). The minimum absolute atomic E-state index is 0.199. The lowest BCUT2D eigenvalue weighted by Crippen LogP contribution is -2.30. The molecular weight excluding hydrogens is 304 g/mol. The van der Waals surface area contributed by atoms with Crippen LogP contribution in [-0.4, -0.2) is 37.2 Å². The number of benzene rings is 1. The summed E-state index contributed by atoms with van der Waals surface area (Å²) in [6, 6.07) is 7.84. The lowest BCUT2D eigenvalue weighted by molar-refractivity contribution is 0.112. The van der Waals surface area contributed by atoms with Crippen LogP contribution < -0.4 is 10.5 Å². The van der Waals surface area contributed by atoms with Crippen molar-refractivity contribution < 1.29 is 9.53 Å². The number of hydrogen-bond donors (Lipinski definition) is 0. The van der Waals surface area contributed by atoms with E-state index in [-0.39, 0.29) is 11.1 Å². The van der Waals surface area contributed by atoms with E-state index in [0.29, 0.717) is 26.0 Å². The number of rotatable bonds is 6. The average Bonchev–Trinajstić information content (AvgIpc) is 2.63. The van der Waals surface area contributed by atoms with Crippen molar-refractivity contribution in [3.05, 3.63) is 40.2 Å². The summed E-state index contributed by atoms with van der Waals surface area (Å²) in [6.07, 6.45) is 4.34. The third-order valence-corrected chi connectivity index (χ3v) is 4.62. The van der Waals surface area contributed by atoms with Crippen molar-refractivity contribution in [2.24, 2.45) is 0 Å². The van der Waals surface area contributed by atoms with Crippen LogP contribution in [-0.2, 0) is 11.3 Å². The summed E-state index contributed by atoms with van der Waals surface area (Å²) in [7, 11) is 0. The Bertz CT molecular complexity index is 776. The van der Waals surface area contributed by atoms with Gasteiger partial charge in [0.2, 0.25) is 0 Å². The van der Waals surface area contributed by atoms with E-state index in [4.69, 9.17) is 4.74 Å². The maximum Gasteiger partial charge on any atom is 0.261 e. The number of anilines is 1. The molecule has 0 bridgehead atoms. The highest BCUT2D eigenvalue weighted by Gasteiger charge is 2.14. The molecule has 24 heavy (non-hydrogen) atoms. The number of ether oxygens (including phenoxy) is 1. The Morgan fingerprint density at radius 1 is 1.17 bits per heavy atom. The van der Waals surface area contributed by atoms with Crippen molar-refractivity contribution in [2.75, 3.05) is 31.2 Å². The highest BCUT2D eigenvalue weighted by atomic mass is 16.5. The van der Waals surface area contributed by atoms with Crippen molar-refractivity contribution in [3.63, 3.8) is 0 Å². The van der Waals surface area contributed by atoms with Gasteiger partial charge in [-0.05, 0) is 49.8 Å². The van der Waals surface area contributed by atoms with Crippen LogP contribution in [0.25, 0.3) is 10.9 Å². The highest BCUT2D eigenvalue weighted by molar-refractivity contribution is 5.88. The fraction of sp³-hybridized carbons (Fsp3) is 0.474. The van der Waals surface area contributed by atoms with Crippen LogP contribution in [0.5, 0.6) is 0 Å². The Balaban J connectivity index is 2.06. The molecule has 5 heteroatoms. The SMILES string of the molecule is CCOCCn1c(=O)c(C=O)cc2ccc(N3CCCCC3)cc21. The monoisotopic (exact) mass is 328 g/mol. The van der Waals surface area contributed by atoms with E-state index in [2.05, 4.69) is 17.0 Å². The van der Waals surface area contributed by atoms with Gasteiger partial charge in [-0.15, -0.1) is 0 Å². The first-order chi connectivity index (χ1) is 11.7. The number of fused-ring (bicyclic) bond motifs is 1. The molecule has 1 fully saturated rings. The zero-order valence-corrected chi connectivity index (χ0v) is 14.2. The first kappa shape index (κ1) is 16.7. The summed E-state index contributed by atoms with van der Waals surface area (Å²) < 4.78 is 7.07. The Hall–Kier alpha value is -2.14. The molecule has 1 aliphatic heterocycles. The van der Waals surface area contributed by atoms with E-state index in [0.717, 1.165) is 29.7 Å². The summed E-state index contributed by atoms with van der Waals surface area (Å²) in [5.74, 6) is 0. The van der Waals surface area contributed by atoms with E-state index in [9.17, 15) is 9.59 Å². The maximum absolute atomic E-state index is 12.6. The van der Waals surface area contributed by atoms with Gasteiger partial charge in [0.25, 0.3) is 5.56 Å². The molecule has 0 aliphatic carbocycles. The smallest absolute Gasteiger partial charge is 0.261 e. The number of carbonyl (C=O) groups is 1. The number of carbonyl (C=O) groups excluding carboxylic acids is 1. The molecular formula is C19H24N2O3. The van der Waals surface area contributed by atoms with Crippen LogP contribution in [0.1, 0.15) is 36.5 Å². The zero-order valence-electron chi connectivity index (χ0n) is 14.2. The summed E-state index contributed by atoms with van der Waals surface area (Å²) in [5, 5.41) is 0.911. The number of nitrogens with zero attached hydrogens (tertiary/aromatic N) is 2. The summed E-state index contributed by atoms with van der Waals surface area (Å²) in [4.78, 5) is 26.1. The molecule has 1 saturated heterocycles. The van der Waals surface area contributed by atoms with Crippen molar-refractivity contribution in [3.8, 4) is 0 Å². The fourth-order valence-corrected chi connectivity index (χ4v) is 3.34. The van der Waals surface area contributed by atoms with Crippen LogP contribution in [0, 0.1) is 0 Å². The Morgan fingerprint density at radius 2 is 1.96 bits per heavy atom. The number of hydrogen-bond acceptors (Lipinski definition) is 4. The zero-order chi connectivity index (χ0) is 16.9. The Kier molecular flexibility index (Phi) is 5.30. The van der Waals surface area contributed by atoms with Gasteiger partial charge in [-0.3, -0.25) is 9.59 Å². The lowest BCUT2D eigenvalue weighted by Gasteiger charge is -2.29. The van der Waals surface area contributed by atoms with Crippen LogP contribution in [0.15, 0.2) is 29.1 Å². The van der Waals surface area contributed by atoms with Crippen LogP contribution >= 0.6 is 0 Å². The second kappa shape index (κ2) is 7.62. The molecule has 0 radical (unpaired) electrons. The molecule has 0 saturated carbocycles. The topological polar surface area (TPSA) is 51.5 Å². The molecule has 0 spiro atoms. The largest absolute Gasteiger partial charge is 0.380 e. The van der Waals surface area contributed by atoms with Gasteiger partial charge in [0.1, 0.15) is 0 Å². The maximum atomic E-state index is 12.6. The molecule has 1 aromatic carbocycles. The molecule has 2 aromatic rings. The molecule has 0 N–H and O–H groups in total. The van der Waals surface area contributed by atoms with Crippen LogP contribution in [0.2, 0.25) is 0 Å². The molecule has 2 heterocycles. The molecule has 1 aromatic heterocycles. The van der Waals surface area contributed by atoms with E-state index >= 15 is 0 Å². The normalized spacial score (nSPS) is 15.0. The first-order valence-corrected chi connectivity index (χ1v) is 8.70. The van der Waals surface area contributed by atoms with Gasteiger partial charge >= 0.3 is 0 Å². The van der Waals surface area contributed by atoms with E-state index < -0.39 is 0 Å². The minimum Gasteiger partial charge on any atom is -0.380 e. The third kappa shape index (κ3) is 3.36.